The van der Waals surface area contributed by atoms with Crippen molar-refractivity contribution in [3.63, 3.8) is 0 Å². The Bertz CT molecular complexity index is 443. The summed E-state index contributed by atoms with van der Waals surface area (Å²) in [6.45, 7) is -0.246. The van der Waals surface area contributed by atoms with Crippen molar-refractivity contribution in [2.75, 3.05) is 17.6 Å². The van der Waals surface area contributed by atoms with Gasteiger partial charge in [-0.15, -0.1) is 0 Å². The molecule has 0 spiro atoms. The van der Waals surface area contributed by atoms with Crippen LogP contribution in [0.25, 0.3) is 0 Å². The molecule has 0 saturated carbocycles. The number of nitrogens with one attached hydrogen (secondary N) is 1. The van der Waals surface area contributed by atoms with E-state index >= 15 is 0 Å². The number of hydrogen-bond donors (Lipinski definition) is 1. The number of anilines is 1. The lowest BCUT2D eigenvalue weighted by molar-refractivity contribution is -0.0327. The molecule has 0 aromatic heterocycles. The van der Waals surface area contributed by atoms with Gasteiger partial charge in [0.15, 0.2) is 11.6 Å². The molecule has 1 aromatic rings. The quantitative estimate of drug-likeness (QED) is 0.678. The molecule has 8 heteroatoms. The van der Waals surface area contributed by atoms with Crippen LogP contribution in [0.3, 0.4) is 0 Å². The summed E-state index contributed by atoms with van der Waals surface area (Å²) in [5.41, 5.74) is -5.10. The number of halogens is 5. The van der Waals surface area contributed by atoms with E-state index in [4.69, 9.17) is 5.26 Å². The van der Waals surface area contributed by atoms with E-state index in [0.717, 1.165) is 12.1 Å². The van der Waals surface area contributed by atoms with Gasteiger partial charge in [-0.1, -0.05) is 0 Å². The minimum absolute atomic E-state index is 0.194. The van der Waals surface area contributed by atoms with E-state index in [1.165, 1.54) is 0 Å². The van der Waals surface area contributed by atoms with Crippen molar-refractivity contribution in [3.8, 4) is 6.07 Å². The Balaban J connectivity index is 2.61. The lowest BCUT2D eigenvalue weighted by Crippen LogP contribution is -2.11. The van der Waals surface area contributed by atoms with Crippen LogP contribution in [-0.2, 0) is 0 Å². The highest BCUT2D eigenvalue weighted by atomic mass is 32.2. The second-order valence-corrected chi connectivity index (χ2v) is 4.31. The Morgan fingerprint density at radius 2 is 1.78 bits per heavy atom. The molecule has 0 heterocycles. The molecule has 2 nitrogen and oxygen atoms in total. The third-order valence-electron chi connectivity index (χ3n) is 1.84. The van der Waals surface area contributed by atoms with Gasteiger partial charge in [-0.25, -0.2) is 8.78 Å². The number of alkyl halides is 3. The summed E-state index contributed by atoms with van der Waals surface area (Å²) in [7, 11) is 0. The molecule has 0 aliphatic heterocycles. The van der Waals surface area contributed by atoms with Gasteiger partial charge in [0.05, 0.1) is 11.6 Å². The van der Waals surface area contributed by atoms with Gasteiger partial charge in [-0.3, -0.25) is 0 Å². The predicted octanol–water partition coefficient (Wildman–Crippen LogP) is 3.50. The maximum absolute atomic E-state index is 13.3. The van der Waals surface area contributed by atoms with E-state index in [-0.39, 0.29) is 29.6 Å². The fraction of sp³-hybridized carbons (Fsp3) is 0.300. The zero-order valence-corrected chi connectivity index (χ0v) is 9.63. The van der Waals surface area contributed by atoms with Crippen LogP contribution in [0.1, 0.15) is 5.56 Å². The van der Waals surface area contributed by atoms with Gasteiger partial charge in [-0.05, 0) is 23.9 Å². The lowest BCUT2D eigenvalue weighted by atomic mass is 10.2. The number of nitrogens with zero attached hydrogens (tertiary/aromatic N) is 1. The van der Waals surface area contributed by atoms with Gasteiger partial charge < -0.3 is 5.32 Å². The van der Waals surface area contributed by atoms with Crippen LogP contribution in [0.4, 0.5) is 27.6 Å². The second kappa shape index (κ2) is 5.91. The first-order chi connectivity index (χ1) is 8.33. The third-order valence-corrected chi connectivity index (χ3v) is 2.58. The molecule has 1 aromatic carbocycles. The Hall–Kier alpha value is -1.49. The summed E-state index contributed by atoms with van der Waals surface area (Å²) in [5.74, 6) is -2.39. The van der Waals surface area contributed by atoms with Gasteiger partial charge in [0.25, 0.3) is 0 Å². The van der Waals surface area contributed by atoms with Crippen LogP contribution < -0.4 is 5.32 Å². The summed E-state index contributed by atoms with van der Waals surface area (Å²) in [6, 6.07) is 3.18. The molecule has 0 aliphatic carbocycles. The summed E-state index contributed by atoms with van der Waals surface area (Å²) >= 11 is -0.288. The standard InChI is InChI=1S/C10H7F5N2S/c11-7-3-6(5-16)4-8(12)9(7)17-1-2-18-10(13,14)15/h3-4,17H,1-2H2. The topological polar surface area (TPSA) is 35.8 Å². The van der Waals surface area contributed by atoms with Crippen molar-refractivity contribution in [1.82, 2.24) is 0 Å². The Morgan fingerprint density at radius 1 is 1.22 bits per heavy atom. The normalized spacial score (nSPS) is 11.1. The Labute approximate surface area is 104 Å². The van der Waals surface area contributed by atoms with E-state index in [2.05, 4.69) is 5.32 Å². The summed E-state index contributed by atoms with van der Waals surface area (Å²) in [5, 5.41) is 10.7. The summed E-state index contributed by atoms with van der Waals surface area (Å²) in [4.78, 5) is 0. The Kier molecular flexibility index (Phi) is 4.78. The third kappa shape index (κ3) is 4.41. The monoisotopic (exact) mass is 282 g/mol. The predicted molar refractivity (Wildman–Crippen MR) is 58.1 cm³/mol. The SMILES string of the molecule is N#Cc1cc(F)c(NCCSC(F)(F)F)c(F)c1. The number of rotatable bonds is 4. The summed E-state index contributed by atoms with van der Waals surface area (Å²) in [6.07, 6.45) is 0. The van der Waals surface area contributed by atoms with Gasteiger partial charge >= 0.3 is 5.51 Å². The van der Waals surface area contributed by atoms with Crippen molar-refractivity contribution >= 4 is 17.4 Å². The second-order valence-electron chi connectivity index (χ2n) is 3.15. The zero-order chi connectivity index (χ0) is 13.8. The fourth-order valence-electron chi connectivity index (χ4n) is 1.15. The molecular weight excluding hydrogens is 275 g/mol. The van der Waals surface area contributed by atoms with E-state index in [1.807, 2.05) is 0 Å². The summed E-state index contributed by atoms with van der Waals surface area (Å²) < 4.78 is 61.9. The molecule has 0 radical (unpaired) electrons. The van der Waals surface area contributed by atoms with Gasteiger partial charge in [0, 0.05) is 12.3 Å². The number of benzene rings is 1. The fourth-order valence-corrected chi connectivity index (χ4v) is 1.58. The van der Waals surface area contributed by atoms with E-state index in [1.54, 1.807) is 6.07 Å². The molecule has 0 bridgehead atoms. The highest BCUT2D eigenvalue weighted by Crippen LogP contribution is 2.30. The molecule has 98 valence electrons. The zero-order valence-electron chi connectivity index (χ0n) is 8.81. The molecule has 0 aliphatic rings. The van der Waals surface area contributed by atoms with Crippen LogP contribution in [-0.4, -0.2) is 17.8 Å². The van der Waals surface area contributed by atoms with E-state index in [0.29, 0.717) is 0 Å². The first-order valence-electron chi connectivity index (χ1n) is 4.67. The van der Waals surface area contributed by atoms with Crippen LogP contribution in [0.2, 0.25) is 0 Å². The van der Waals surface area contributed by atoms with Crippen molar-refractivity contribution in [3.05, 3.63) is 29.3 Å². The van der Waals surface area contributed by atoms with Crippen molar-refractivity contribution in [1.29, 1.82) is 5.26 Å². The van der Waals surface area contributed by atoms with Crippen molar-refractivity contribution in [2.24, 2.45) is 0 Å². The first-order valence-corrected chi connectivity index (χ1v) is 5.66. The lowest BCUT2D eigenvalue weighted by Gasteiger charge is -2.09. The minimum Gasteiger partial charge on any atom is -0.379 e. The van der Waals surface area contributed by atoms with Crippen molar-refractivity contribution < 1.29 is 22.0 Å². The van der Waals surface area contributed by atoms with Gasteiger partial charge in [0.2, 0.25) is 0 Å². The minimum atomic E-state index is -4.37. The maximum atomic E-state index is 13.3. The number of hydrogen-bond acceptors (Lipinski definition) is 3. The maximum Gasteiger partial charge on any atom is 0.441 e. The first kappa shape index (κ1) is 14.6. The number of nitriles is 1. The Morgan fingerprint density at radius 3 is 2.22 bits per heavy atom. The average molecular weight is 282 g/mol. The average Bonchev–Trinajstić information content (AvgIpc) is 2.25. The van der Waals surface area contributed by atoms with Crippen LogP contribution in [0.5, 0.6) is 0 Å². The molecule has 0 amide bonds. The highest BCUT2D eigenvalue weighted by Gasteiger charge is 2.27. The van der Waals surface area contributed by atoms with Crippen LogP contribution in [0.15, 0.2) is 12.1 Å². The molecular formula is C10H7F5N2S. The van der Waals surface area contributed by atoms with E-state index < -0.39 is 22.8 Å². The molecule has 18 heavy (non-hydrogen) atoms. The van der Waals surface area contributed by atoms with Crippen LogP contribution >= 0.6 is 11.8 Å². The van der Waals surface area contributed by atoms with E-state index in [9.17, 15) is 22.0 Å². The van der Waals surface area contributed by atoms with Gasteiger partial charge in [-0.2, -0.15) is 18.4 Å². The molecule has 1 rings (SSSR count). The molecule has 0 saturated heterocycles. The molecule has 0 unspecified atom stereocenters. The highest BCUT2D eigenvalue weighted by molar-refractivity contribution is 8.00. The van der Waals surface area contributed by atoms with Crippen LogP contribution in [0, 0.1) is 23.0 Å². The smallest absolute Gasteiger partial charge is 0.379 e. The van der Waals surface area contributed by atoms with Gasteiger partial charge in [0.1, 0.15) is 5.69 Å². The largest absolute Gasteiger partial charge is 0.441 e. The molecule has 0 atom stereocenters. The van der Waals surface area contributed by atoms with Crippen molar-refractivity contribution in [2.45, 2.75) is 5.51 Å². The molecule has 1 N–H and O–H groups in total. The molecule has 0 fully saturated rings. The number of thioether (sulfide) groups is 1.